The average Bonchev–Trinajstić information content (AvgIpc) is 3.56. The van der Waals surface area contributed by atoms with Gasteiger partial charge in [0.05, 0.1) is 11.2 Å². The monoisotopic (exact) mass is 624 g/mol. The molecule has 3 nitrogen and oxygen atoms in total. The van der Waals surface area contributed by atoms with E-state index in [1.165, 1.54) is 16.3 Å². The molecule has 2 heterocycles. The van der Waals surface area contributed by atoms with Gasteiger partial charge in [-0.2, -0.15) is 0 Å². The Labute approximate surface area is 282 Å². The Kier molecular flexibility index (Phi) is 6.18. The lowest BCUT2D eigenvalue weighted by Crippen LogP contribution is -1.96. The Hall–Kier alpha value is -6.58. The molecule has 3 heteroatoms. The fourth-order valence-corrected chi connectivity index (χ4v) is 7.29. The third kappa shape index (κ3) is 4.51. The summed E-state index contributed by atoms with van der Waals surface area (Å²) in [7, 11) is 0. The molecule has 0 aliphatic rings. The van der Waals surface area contributed by atoms with Gasteiger partial charge >= 0.3 is 0 Å². The molecule has 2 aromatic heterocycles. The number of hydrogen-bond acceptors (Lipinski definition) is 3. The third-order valence-corrected chi connectivity index (χ3v) is 9.67. The zero-order valence-corrected chi connectivity index (χ0v) is 26.5. The third-order valence-electron chi connectivity index (χ3n) is 9.67. The maximum Gasteiger partial charge on any atom is 0.160 e. The highest BCUT2D eigenvalue weighted by Gasteiger charge is 2.20. The second kappa shape index (κ2) is 11.0. The second-order valence-electron chi connectivity index (χ2n) is 12.5. The van der Waals surface area contributed by atoms with Crippen LogP contribution in [0.15, 0.2) is 174 Å². The van der Waals surface area contributed by atoms with Gasteiger partial charge in [0.2, 0.25) is 0 Å². The second-order valence-corrected chi connectivity index (χ2v) is 12.5. The summed E-state index contributed by atoms with van der Waals surface area (Å²) < 4.78 is 6.64. The molecule has 10 rings (SSSR count). The van der Waals surface area contributed by atoms with Gasteiger partial charge in [-0.3, -0.25) is 0 Å². The van der Waals surface area contributed by atoms with Crippen molar-refractivity contribution < 1.29 is 4.42 Å². The minimum atomic E-state index is 0.699. The van der Waals surface area contributed by atoms with Crippen LogP contribution in [0.5, 0.6) is 0 Å². The van der Waals surface area contributed by atoms with Gasteiger partial charge in [-0.05, 0) is 62.7 Å². The standard InChI is InChI=1S/C46H28N2O/c1-2-12-31(13-3-1)35-18-10-20-42-43(35)40-28-39(36-15-6-7-16-37(36)45(40)49-42)44-38-17-8-9-19-41(38)47-46(48-44)32-24-21-30(22-25-32)34-26-23-29-11-4-5-14-33(29)27-34/h1-28H. The molecule has 0 amide bonds. The first-order chi connectivity index (χ1) is 24.3. The maximum atomic E-state index is 6.64. The highest BCUT2D eigenvalue weighted by Crippen LogP contribution is 2.44. The molecule has 0 aliphatic carbocycles. The lowest BCUT2D eigenvalue weighted by Gasteiger charge is -2.13. The van der Waals surface area contributed by atoms with Crippen LogP contribution in [0.2, 0.25) is 0 Å². The first-order valence-corrected chi connectivity index (χ1v) is 16.6. The number of nitrogens with zero attached hydrogens (tertiary/aromatic N) is 2. The number of hydrogen-bond donors (Lipinski definition) is 0. The molecule has 0 radical (unpaired) electrons. The van der Waals surface area contributed by atoms with Gasteiger partial charge in [-0.25, -0.2) is 9.97 Å². The summed E-state index contributed by atoms with van der Waals surface area (Å²) in [6.07, 6.45) is 0. The fraction of sp³-hybridized carbons (Fsp3) is 0. The highest BCUT2D eigenvalue weighted by atomic mass is 16.3. The summed E-state index contributed by atoms with van der Waals surface area (Å²) in [5.74, 6) is 0.699. The summed E-state index contributed by atoms with van der Waals surface area (Å²) in [6.45, 7) is 0. The first kappa shape index (κ1) is 27.5. The van der Waals surface area contributed by atoms with Crippen LogP contribution < -0.4 is 0 Å². The number of para-hydroxylation sites is 1. The van der Waals surface area contributed by atoms with Gasteiger partial charge in [0, 0.05) is 32.7 Å². The van der Waals surface area contributed by atoms with E-state index in [4.69, 9.17) is 14.4 Å². The average molecular weight is 625 g/mol. The van der Waals surface area contributed by atoms with Crippen LogP contribution in [0.25, 0.3) is 99.3 Å². The van der Waals surface area contributed by atoms with Crippen molar-refractivity contribution in [2.24, 2.45) is 0 Å². The van der Waals surface area contributed by atoms with Gasteiger partial charge in [0.1, 0.15) is 11.2 Å². The lowest BCUT2D eigenvalue weighted by molar-refractivity contribution is 0.673. The Morgan fingerprint density at radius 2 is 1.08 bits per heavy atom. The smallest absolute Gasteiger partial charge is 0.160 e. The normalized spacial score (nSPS) is 11.7. The molecule has 0 unspecified atom stereocenters. The fourth-order valence-electron chi connectivity index (χ4n) is 7.29. The van der Waals surface area contributed by atoms with E-state index < -0.39 is 0 Å². The number of furan rings is 1. The quantitative estimate of drug-likeness (QED) is 0.196. The van der Waals surface area contributed by atoms with Gasteiger partial charge < -0.3 is 4.42 Å². The van der Waals surface area contributed by atoms with E-state index in [1.54, 1.807) is 0 Å². The van der Waals surface area contributed by atoms with Crippen LogP contribution in [0.3, 0.4) is 0 Å². The number of aromatic nitrogens is 2. The van der Waals surface area contributed by atoms with Crippen molar-refractivity contribution in [1.82, 2.24) is 9.97 Å². The van der Waals surface area contributed by atoms with Crippen LogP contribution in [0, 0.1) is 0 Å². The topological polar surface area (TPSA) is 38.9 Å². The molecule has 0 aliphatic heterocycles. The Bertz CT molecular complexity index is 2870. The zero-order chi connectivity index (χ0) is 32.3. The van der Waals surface area contributed by atoms with E-state index in [2.05, 4.69) is 164 Å². The summed E-state index contributed by atoms with van der Waals surface area (Å²) >= 11 is 0. The molecule has 49 heavy (non-hydrogen) atoms. The van der Waals surface area contributed by atoms with E-state index in [-0.39, 0.29) is 0 Å². The maximum absolute atomic E-state index is 6.64. The summed E-state index contributed by atoms with van der Waals surface area (Å²) in [5.41, 5.74) is 10.3. The molecule has 0 bridgehead atoms. The minimum absolute atomic E-state index is 0.699. The van der Waals surface area contributed by atoms with E-state index in [0.29, 0.717) is 5.82 Å². The lowest BCUT2D eigenvalue weighted by atomic mass is 9.94. The molecule has 8 aromatic carbocycles. The first-order valence-electron chi connectivity index (χ1n) is 16.6. The summed E-state index contributed by atoms with van der Waals surface area (Å²) in [5, 5.41) is 7.83. The molecule has 0 N–H and O–H groups in total. The van der Waals surface area contributed by atoms with Crippen molar-refractivity contribution in [3.63, 3.8) is 0 Å². The van der Waals surface area contributed by atoms with Gasteiger partial charge in [-0.1, -0.05) is 146 Å². The molecule has 228 valence electrons. The Morgan fingerprint density at radius 3 is 1.94 bits per heavy atom. The number of fused-ring (bicyclic) bond motifs is 7. The van der Waals surface area contributed by atoms with Crippen molar-refractivity contribution in [2.75, 3.05) is 0 Å². The van der Waals surface area contributed by atoms with Gasteiger partial charge in [0.25, 0.3) is 0 Å². The number of benzene rings is 8. The van der Waals surface area contributed by atoms with Crippen molar-refractivity contribution in [3.05, 3.63) is 170 Å². The van der Waals surface area contributed by atoms with E-state index >= 15 is 0 Å². The molecular formula is C46H28N2O. The predicted octanol–water partition coefficient (Wildman–Crippen LogP) is 12.5. The summed E-state index contributed by atoms with van der Waals surface area (Å²) in [6, 6.07) is 59.6. The molecule has 0 saturated heterocycles. The van der Waals surface area contributed by atoms with Crippen molar-refractivity contribution in [2.45, 2.75) is 0 Å². The van der Waals surface area contributed by atoms with Crippen LogP contribution in [0.1, 0.15) is 0 Å². The Morgan fingerprint density at radius 1 is 0.388 bits per heavy atom. The van der Waals surface area contributed by atoms with Crippen LogP contribution in [-0.2, 0) is 0 Å². The largest absolute Gasteiger partial charge is 0.455 e. The molecule has 0 atom stereocenters. The van der Waals surface area contributed by atoms with Gasteiger partial charge in [0.15, 0.2) is 5.82 Å². The van der Waals surface area contributed by atoms with Crippen molar-refractivity contribution >= 4 is 54.4 Å². The van der Waals surface area contributed by atoms with E-state index in [1.807, 2.05) is 6.07 Å². The molecular weight excluding hydrogens is 597 g/mol. The van der Waals surface area contributed by atoms with Crippen LogP contribution in [0.4, 0.5) is 0 Å². The zero-order valence-electron chi connectivity index (χ0n) is 26.5. The SMILES string of the molecule is c1ccc(-c2cccc3oc4c5ccccc5c(-c5nc(-c6ccc(-c7ccc8ccccc8c7)cc6)nc6ccccc56)cc4c23)cc1. The van der Waals surface area contributed by atoms with E-state index in [0.717, 1.165) is 77.1 Å². The minimum Gasteiger partial charge on any atom is -0.455 e. The summed E-state index contributed by atoms with van der Waals surface area (Å²) in [4.78, 5) is 10.4. The molecule has 0 spiro atoms. The highest BCUT2D eigenvalue weighted by molar-refractivity contribution is 6.22. The van der Waals surface area contributed by atoms with Crippen molar-refractivity contribution in [1.29, 1.82) is 0 Å². The van der Waals surface area contributed by atoms with Gasteiger partial charge in [-0.15, -0.1) is 0 Å². The number of rotatable bonds is 4. The molecule has 0 saturated carbocycles. The Balaban J connectivity index is 1.18. The van der Waals surface area contributed by atoms with Crippen LogP contribution in [-0.4, -0.2) is 9.97 Å². The van der Waals surface area contributed by atoms with E-state index in [9.17, 15) is 0 Å². The van der Waals surface area contributed by atoms with Crippen molar-refractivity contribution in [3.8, 4) is 44.9 Å². The van der Waals surface area contributed by atoms with Crippen LogP contribution >= 0.6 is 0 Å². The predicted molar refractivity (Wildman–Crippen MR) is 204 cm³/mol. The molecule has 10 aromatic rings. The molecule has 0 fully saturated rings.